The molecule has 0 spiro atoms. The second-order valence-electron chi connectivity index (χ2n) is 6.31. The third kappa shape index (κ3) is 4.54. The maximum absolute atomic E-state index is 6.20. The van der Waals surface area contributed by atoms with E-state index in [-0.39, 0.29) is 0 Å². The van der Waals surface area contributed by atoms with Crippen LogP contribution in [0, 0.1) is 6.92 Å². The Morgan fingerprint density at radius 3 is 2.60 bits per heavy atom. The van der Waals surface area contributed by atoms with E-state index < -0.39 is 0 Å². The summed E-state index contributed by atoms with van der Waals surface area (Å²) in [7, 11) is 0. The van der Waals surface area contributed by atoms with Gasteiger partial charge in [-0.25, -0.2) is 4.98 Å². The zero-order valence-electron chi connectivity index (χ0n) is 14.7. The molecule has 0 aliphatic rings. The number of ether oxygens (including phenoxy) is 1. The molecule has 0 aliphatic heterocycles. The number of aryl methyl sites for hydroxylation is 1. The first-order valence-electron chi connectivity index (χ1n) is 8.29. The van der Waals surface area contributed by atoms with Crippen LogP contribution in [-0.4, -0.2) is 4.98 Å². The summed E-state index contributed by atoms with van der Waals surface area (Å²) in [4.78, 5) is 5.35. The molecule has 0 atom stereocenters. The van der Waals surface area contributed by atoms with Gasteiger partial charge in [0.2, 0.25) is 0 Å². The van der Waals surface area contributed by atoms with Crippen molar-refractivity contribution in [3.8, 4) is 11.5 Å². The Kier molecular flexibility index (Phi) is 5.29. The van der Waals surface area contributed by atoms with Gasteiger partial charge in [0.1, 0.15) is 16.5 Å². The summed E-state index contributed by atoms with van der Waals surface area (Å²) in [6.07, 6.45) is 1.79. The van der Waals surface area contributed by atoms with Crippen LogP contribution in [0.1, 0.15) is 30.9 Å². The molecular formula is C21H22N2OS. The van der Waals surface area contributed by atoms with E-state index in [1.807, 2.05) is 36.4 Å². The third-order valence-corrected chi connectivity index (χ3v) is 4.70. The lowest BCUT2D eigenvalue weighted by atomic mass is 10.0. The molecule has 0 fully saturated rings. The molecule has 1 heterocycles. The first-order valence-corrected chi connectivity index (χ1v) is 9.11. The SMILES string of the molecule is Cc1ccc(C(C)C)c(Oc2cc(N)cc(Sc3ccccn3)c2)c1. The summed E-state index contributed by atoms with van der Waals surface area (Å²) in [6, 6.07) is 18.0. The molecular weight excluding hydrogens is 328 g/mol. The predicted octanol–water partition coefficient (Wildman–Crippen LogP) is 6.04. The number of nitrogens with zero attached hydrogens (tertiary/aromatic N) is 1. The van der Waals surface area contributed by atoms with Crippen molar-refractivity contribution < 1.29 is 4.74 Å². The largest absolute Gasteiger partial charge is 0.457 e. The van der Waals surface area contributed by atoms with Gasteiger partial charge in [-0.1, -0.05) is 43.8 Å². The van der Waals surface area contributed by atoms with Crippen LogP contribution in [0.15, 0.2) is 70.7 Å². The molecule has 2 N–H and O–H groups in total. The van der Waals surface area contributed by atoms with Crippen molar-refractivity contribution in [1.82, 2.24) is 4.98 Å². The third-order valence-electron chi connectivity index (χ3n) is 3.78. The second-order valence-corrected chi connectivity index (χ2v) is 7.40. The van der Waals surface area contributed by atoms with Crippen molar-refractivity contribution in [2.75, 3.05) is 5.73 Å². The van der Waals surface area contributed by atoms with Crippen molar-refractivity contribution in [2.24, 2.45) is 0 Å². The minimum absolute atomic E-state index is 0.388. The Labute approximate surface area is 153 Å². The van der Waals surface area contributed by atoms with Gasteiger partial charge in [0.15, 0.2) is 0 Å². The lowest BCUT2D eigenvalue weighted by Crippen LogP contribution is -1.96. The number of pyridine rings is 1. The molecule has 3 aromatic rings. The van der Waals surface area contributed by atoms with Gasteiger partial charge in [-0.05, 0) is 54.3 Å². The zero-order valence-corrected chi connectivity index (χ0v) is 15.5. The first kappa shape index (κ1) is 17.4. The number of anilines is 1. The van der Waals surface area contributed by atoms with Gasteiger partial charge in [0.25, 0.3) is 0 Å². The van der Waals surface area contributed by atoms with E-state index in [2.05, 4.69) is 44.0 Å². The summed E-state index contributed by atoms with van der Waals surface area (Å²) < 4.78 is 6.20. The molecule has 4 heteroatoms. The van der Waals surface area contributed by atoms with Crippen molar-refractivity contribution >= 4 is 17.4 Å². The number of nitrogens with two attached hydrogens (primary N) is 1. The number of aromatic nitrogens is 1. The van der Waals surface area contributed by atoms with Crippen LogP contribution < -0.4 is 10.5 Å². The minimum atomic E-state index is 0.388. The Hall–Kier alpha value is -2.46. The van der Waals surface area contributed by atoms with Gasteiger partial charge in [0, 0.05) is 22.8 Å². The first-order chi connectivity index (χ1) is 12.0. The lowest BCUT2D eigenvalue weighted by molar-refractivity contribution is 0.471. The molecule has 1 aromatic heterocycles. The Morgan fingerprint density at radius 1 is 1.04 bits per heavy atom. The van der Waals surface area contributed by atoms with E-state index in [4.69, 9.17) is 10.5 Å². The van der Waals surface area contributed by atoms with E-state index in [1.54, 1.807) is 18.0 Å². The highest BCUT2D eigenvalue weighted by atomic mass is 32.2. The highest BCUT2D eigenvalue weighted by Gasteiger charge is 2.10. The topological polar surface area (TPSA) is 48.1 Å². The van der Waals surface area contributed by atoms with Crippen LogP contribution in [0.25, 0.3) is 0 Å². The average Bonchev–Trinajstić information content (AvgIpc) is 2.55. The minimum Gasteiger partial charge on any atom is -0.457 e. The fraction of sp³-hybridized carbons (Fsp3) is 0.190. The van der Waals surface area contributed by atoms with Crippen molar-refractivity contribution in [2.45, 2.75) is 36.6 Å². The maximum atomic E-state index is 6.20. The monoisotopic (exact) mass is 350 g/mol. The van der Waals surface area contributed by atoms with Crippen molar-refractivity contribution in [3.05, 3.63) is 71.9 Å². The Balaban J connectivity index is 1.90. The van der Waals surface area contributed by atoms with Crippen molar-refractivity contribution in [1.29, 1.82) is 0 Å². The highest BCUT2D eigenvalue weighted by Crippen LogP contribution is 2.35. The zero-order chi connectivity index (χ0) is 17.8. The van der Waals surface area contributed by atoms with Crippen LogP contribution in [0.5, 0.6) is 11.5 Å². The molecule has 0 saturated heterocycles. The summed E-state index contributed by atoms with van der Waals surface area (Å²) in [6.45, 7) is 6.40. The summed E-state index contributed by atoms with van der Waals surface area (Å²) >= 11 is 1.57. The fourth-order valence-corrected chi connectivity index (χ4v) is 3.45. The maximum Gasteiger partial charge on any atom is 0.131 e. The summed E-state index contributed by atoms with van der Waals surface area (Å²) in [5.74, 6) is 2.01. The van der Waals surface area contributed by atoms with Gasteiger partial charge >= 0.3 is 0 Å². The van der Waals surface area contributed by atoms with Crippen LogP contribution >= 0.6 is 11.8 Å². The van der Waals surface area contributed by atoms with Crippen LogP contribution in [-0.2, 0) is 0 Å². The van der Waals surface area contributed by atoms with Gasteiger partial charge in [-0.3, -0.25) is 0 Å². The molecule has 0 aliphatic carbocycles. The number of rotatable bonds is 5. The number of hydrogen-bond acceptors (Lipinski definition) is 4. The molecule has 0 amide bonds. The lowest BCUT2D eigenvalue weighted by Gasteiger charge is -2.15. The van der Waals surface area contributed by atoms with Gasteiger partial charge in [-0.15, -0.1) is 0 Å². The normalized spacial score (nSPS) is 10.9. The predicted molar refractivity (Wildman–Crippen MR) is 105 cm³/mol. The molecule has 0 saturated carbocycles. The van der Waals surface area contributed by atoms with Crippen LogP contribution in [0.4, 0.5) is 5.69 Å². The molecule has 2 aromatic carbocycles. The Morgan fingerprint density at radius 2 is 1.88 bits per heavy atom. The van der Waals surface area contributed by atoms with Crippen LogP contribution in [0.3, 0.4) is 0 Å². The number of benzene rings is 2. The molecule has 3 rings (SSSR count). The van der Waals surface area contributed by atoms with E-state index in [0.29, 0.717) is 11.6 Å². The second kappa shape index (κ2) is 7.62. The standard InChI is InChI=1S/C21H22N2OS/c1-14(2)19-8-7-15(3)10-20(19)24-17-11-16(22)12-18(13-17)25-21-6-4-5-9-23-21/h4-14H,22H2,1-3H3. The summed E-state index contributed by atoms with van der Waals surface area (Å²) in [5, 5.41) is 0.928. The van der Waals surface area contributed by atoms with E-state index in [1.165, 1.54) is 11.1 Å². The molecule has 0 radical (unpaired) electrons. The quantitative estimate of drug-likeness (QED) is 0.570. The van der Waals surface area contributed by atoms with Crippen molar-refractivity contribution in [3.63, 3.8) is 0 Å². The average molecular weight is 350 g/mol. The summed E-state index contributed by atoms with van der Waals surface area (Å²) in [5.41, 5.74) is 9.12. The Bertz CT molecular complexity index is 863. The van der Waals surface area contributed by atoms with E-state index in [0.717, 1.165) is 21.4 Å². The highest BCUT2D eigenvalue weighted by molar-refractivity contribution is 7.99. The van der Waals surface area contributed by atoms with E-state index >= 15 is 0 Å². The molecule has 25 heavy (non-hydrogen) atoms. The fourth-order valence-electron chi connectivity index (χ4n) is 2.57. The molecule has 3 nitrogen and oxygen atoms in total. The smallest absolute Gasteiger partial charge is 0.131 e. The van der Waals surface area contributed by atoms with Crippen LogP contribution in [0.2, 0.25) is 0 Å². The number of hydrogen-bond donors (Lipinski definition) is 1. The van der Waals surface area contributed by atoms with E-state index in [9.17, 15) is 0 Å². The van der Waals surface area contributed by atoms with Gasteiger partial charge in [0.05, 0.1) is 0 Å². The molecule has 0 bridgehead atoms. The van der Waals surface area contributed by atoms with Gasteiger partial charge in [-0.2, -0.15) is 0 Å². The molecule has 0 unspecified atom stereocenters. The van der Waals surface area contributed by atoms with Gasteiger partial charge < -0.3 is 10.5 Å². The number of nitrogen functional groups attached to an aromatic ring is 1. The molecule has 128 valence electrons.